The highest BCUT2D eigenvalue weighted by Gasteiger charge is 2.25. The zero-order valence-electron chi connectivity index (χ0n) is 17.7. The molecule has 0 aliphatic heterocycles. The molecule has 3 aromatic rings. The highest BCUT2D eigenvalue weighted by molar-refractivity contribution is 6.35. The molecule has 1 aromatic heterocycles. The molecule has 0 unspecified atom stereocenters. The first-order chi connectivity index (χ1) is 15.9. The number of nitrogens with zero attached hydrogens (tertiary/aromatic N) is 2. The number of benzene rings is 2. The van der Waals surface area contributed by atoms with Gasteiger partial charge in [0, 0.05) is 29.4 Å². The second kappa shape index (κ2) is 12.0. The summed E-state index contributed by atoms with van der Waals surface area (Å²) in [6, 6.07) is 16.7. The summed E-state index contributed by atoms with van der Waals surface area (Å²) >= 11 is 12.0. The van der Waals surface area contributed by atoms with Crippen molar-refractivity contribution in [3.63, 3.8) is 0 Å². The lowest BCUT2D eigenvalue weighted by Gasteiger charge is -2.21. The lowest BCUT2D eigenvalue weighted by Crippen LogP contribution is -2.50. The van der Waals surface area contributed by atoms with Crippen LogP contribution in [0.1, 0.15) is 18.1 Å². The van der Waals surface area contributed by atoms with Crippen molar-refractivity contribution < 1.29 is 14.3 Å². The van der Waals surface area contributed by atoms with Gasteiger partial charge in [-0.1, -0.05) is 59.6 Å². The van der Waals surface area contributed by atoms with Crippen molar-refractivity contribution in [3.05, 3.63) is 94.2 Å². The normalized spacial score (nSPS) is 12.7. The van der Waals surface area contributed by atoms with Crippen LogP contribution in [0.15, 0.2) is 78.2 Å². The molecule has 0 saturated carbocycles. The minimum absolute atomic E-state index is 0.273. The van der Waals surface area contributed by atoms with Crippen LogP contribution in [0.2, 0.25) is 10.0 Å². The van der Waals surface area contributed by atoms with Gasteiger partial charge in [0.2, 0.25) is 0 Å². The number of nitrogens with one attached hydrogen (secondary N) is 2. The monoisotopic (exact) mass is 484 g/mol. The van der Waals surface area contributed by atoms with Crippen LogP contribution in [0.3, 0.4) is 0 Å². The van der Waals surface area contributed by atoms with Crippen molar-refractivity contribution in [2.24, 2.45) is 5.10 Å². The largest absolute Gasteiger partial charge is 0.479 e. The highest BCUT2D eigenvalue weighted by Crippen LogP contribution is 2.28. The number of rotatable bonds is 9. The maximum atomic E-state index is 12.8. The van der Waals surface area contributed by atoms with Crippen LogP contribution in [-0.2, 0) is 16.0 Å². The Labute approximate surface area is 201 Å². The smallest absolute Gasteiger partial charge is 0.262 e. The second-order valence-corrected chi connectivity index (χ2v) is 7.95. The van der Waals surface area contributed by atoms with Crippen molar-refractivity contribution >= 4 is 41.2 Å². The summed E-state index contributed by atoms with van der Waals surface area (Å²) in [5, 5.41) is 7.44. The topological polar surface area (TPSA) is 92.7 Å². The average molecular weight is 485 g/mol. The van der Waals surface area contributed by atoms with Crippen LogP contribution in [-0.4, -0.2) is 35.2 Å². The molecule has 9 heteroatoms. The summed E-state index contributed by atoms with van der Waals surface area (Å²) in [4.78, 5) is 29.6. The molecule has 0 aliphatic carbocycles. The molecule has 3 rings (SSSR count). The number of carbonyl (C=O) groups excluding carboxylic acids is 2. The van der Waals surface area contributed by atoms with E-state index in [1.807, 2.05) is 30.3 Å². The SMILES string of the molecule is C[C@@H](Oc1ccc(Cl)cc1Cl)C(=O)N[C@H](Cc1ccccc1)C(=O)N/N=C\c1cccnc1. The molecule has 0 saturated heterocycles. The number of hydrazone groups is 1. The van der Waals surface area contributed by atoms with Crippen molar-refractivity contribution in [3.8, 4) is 5.75 Å². The lowest BCUT2D eigenvalue weighted by atomic mass is 10.1. The van der Waals surface area contributed by atoms with Gasteiger partial charge in [-0.3, -0.25) is 14.6 Å². The van der Waals surface area contributed by atoms with Gasteiger partial charge in [-0.15, -0.1) is 0 Å². The maximum absolute atomic E-state index is 12.8. The minimum atomic E-state index is -0.909. The number of amides is 2. The van der Waals surface area contributed by atoms with E-state index >= 15 is 0 Å². The number of carbonyl (C=O) groups is 2. The van der Waals surface area contributed by atoms with Crippen LogP contribution in [0.4, 0.5) is 0 Å². The summed E-state index contributed by atoms with van der Waals surface area (Å²) in [6.07, 6.45) is 4.09. The van der Waals surface area contributed by atoms with E-state index < -0.39 is 24.0 Å². The second-order valence-electron chi connectivity index (χ2n) is 7.11. The molecule has 2 amide bonds. The highest BCUT2D eigenvalue weighted by atomic mass is 35.5. The molecular weight excluding hydrogens is 463 g/mol. The number of hydrogen-bond acceptors (Lipinski definition) is 5. The zero-order chi connectivity index (χ0) is 23.6. The summed E-state index contributed by atoms with van der Waals surface area (Å²) in [7, 11) is 0. The van der Waals surface area contributed by atoms with Gasteiger partial charge < -0.3 is 10.1 Å². The standard InChI is InChI=1S/C24H22Cl2N4O3/c1-16(33-22-10-9-19(25)13-20(22)26)23(31)29-21(12-17-6-3-2-4-7-17)24(32)30-28-15-18-8-5-11-27-14-18/h2-11,13-16,21H,12H2,1H3,(H,29,31)(H,30,32)/b28-15-/t16-,21-/m1/s1. The van der Waals surface area contributed by atoms with E-state index in [-0.39, 0.29) is 11.4 Å². The first-order valence-electron chi connectivity index (χ1n) is 10.1. The van der Waals surface area contributed by atoms with Crippen LogP contribution in [0.25, 0.3) is 0 Å². The van der Waals surface area contributed by atoms with E-state index in [1.165, 1.54) is 12.3 Å². The molecule has 2 atom stereocenters. The van der Waals surface area contributed by atoms with E-state index in [4.69, 9.17) is 27.9 Å². The van der Waals surface area contributed by atoms with Gasteiger partial charge in [0.25, 0.3) is 11.8 Å². The fourth-order valence-electron chi connectivity index (χ4n) is 2.86. The van der Waals surface area contributed by atoms with Gasteiger partial charge in [0.05, 0.1) is 11.2 Å². The Morgan fingerprint density at radius 3 is 2.58 bits per heavy atom. The fourth-order valence-corrected chi connectivity index (χ4v) is 3.32. The number of halogens is 2. The third-order valence-corrected chi connectivity index (χ3v) is 5.09. The molecule has 0 spiro atoms. The van der Waals surface area contributed by atoms with E-state index in [0.29, 0.717) is 10.8 Å². The van der Waals surface area contributed by atoms with Crippen LogP contribution in [0, 0.1) is 0 Å². The quantitative estimate of drug-likeness (QED) is 0.354. The predicted octanol–water partition coefficient (Wildman–Crippen LogP) is 4.03. The van der Waals surface area contributed by atoms with Crippen LogP contribution < -0.4 is 15.5 Å². The Morgan fingerprint density at radius 2 is 1.88 bits per heavy atom. The summed E-state index contributed by atoms with van der Waals surface area (Å²) in [5.41, 5.74) is 4.08. The van der Waals surface area contributed by atoms with Crippen LogP contribution >= 0.6 is 23.2 Å². The van der Waals surface area contributed by atoms with Gasteiger partial charge in [-0.25, -0.2) is 5.43 Å². The molecule has 2 N–H and O–H groups in total. The molecule has 1 heterocycles. The van der Waals surface area contributed by atoms with E-state index in [1.54, 1.807) is 43.6 Å². The number of hydrogen-bond donors (Lipinski definition) is 2. The Balaban J connectivity index is 1.68. The summed E-state index contributed by atoms with van der Waals surface area (Å²) < 4.78 is 5.66. The molecule has 7 nitrogen and oxygen atoms in total. The van der Waals surface area contributed by atoms with Gasteiger partial charge in [0.15, 0.2) is 6.10 Å². The predicted molar refractivity (Wildman–Crippen MR) is 129 cm³/mol. The summed E-state index contributed by atoms with van der Waals surface area (Å²) in [6.45, 7) is 1.57. The molecule has 0 radical (unpaired) electrons. The number of ether oxygens (including phenoxy) is 1. The molecule has 0 fully saturated rings. The fraction of sp³-hybridized carbons (Fsp3) is 0.167. The molecule has 0 aliphatic rings. The van der Waals surface area contributed by atoms with E-state index in [2.05, 4.69) is 20.8 Å². The third kappa shape index (κ3) is 7.59. The van der Waals surface area contributed by atoms with Gasteiger partial charge in [-0.2, -0.15) is 5.10 Å². The third-order valence-electron chi connectivity index (χ3n) is 4.56. The minimum Gasteiger partial charge on any atom is -0.479 e. The first kappa shape index (κ1) is 24.2. The molecule has 2 aromatic carbocycles. The number of pyridine rings is 1. The molecule has 0 bridgehead atoms. The zero-order valence-corrected chi connectivity index (χ0v) is 19.3. The Morgan fingerprint density at radius 1 is 1.09 bits per heavy atom. The molecule has 170 valence electrons. The number of aromatic nitrogens is 1. The Bertz CT molecular complexity index is 1110. The van der Waals surface area contributed by atoms with Gasteiger partial charge >= 0.3 is 0 Å². The molecule has 33 heavy (non-hydrogen) atoms. The van der Waals surface area contributed by atoms with Crippen molar-refractivity contribution in [2.75, 3.05) is 0 Å². The van der Waals surface area contributed by atoms with E-state index in [9.17, 15) is 9.59 Å². The van der Waals surface area contributed by atoms with Crippen LogP contribution in [0.5, 0.6) is 5.75 Å². The Hall–Kier alpha value is -3.42. The Kier molecular flexibility index (Phi) is 8.80. The van der Waals surface area contributed by atoms with Crippen molar-refractivity contribution in [1.82, 2.24) is 15.7 Å². The van der Waals surface area contributed by atoms with E-state index in [0.717, 1.165) is 11.1 Å². The summed E-state index contributed by atoms with van der Waals surface area (Å²) in [5.74, 6) is -0.633. The van der Waals surface area contributed by atoms with Gasteiger partial charge in [0.1, 0.15) is 11.8 Å². The van der Waals surface area contributed by atoms with Crippen molar-refractivity contribution in [2.45, 2.75) is 25.5 Å². The average Bonchev–Trinajstić information content (AvgIpc) is 2.81. The molecular formula is C24H22Cl2N4O3. The van der Waals surface area contributed by atoms with Gasteiger partial charge in [-0.05, 0) is 36.8 Å². The maximum Gasteiger partial charge on any atom is 0.262 e. The lowest BCUT2D eigenvalue weighted by molar-refractivity contribution is -0.132. The first-order valence-corrected chi connectivity index (χ1v) is 10.9. The van der Waals surface area contributed by atoms with Crippen molar-refractivity contribution in [1.29, 1.82) is 0 Å².